The number of nitrogens with zero attached hydrogens (tertiary/aromatic N) is 2. The molecule has 114 valence electrons. The zero-order chi connectivity index (χ0) is 12.5. The summed E-state index contributed by atoms with van der Waals surface area (Å²) in [6.45, 7) is 7.14. The Labute approximate surface area is 134 Å². The number of benzene rings is 1. The fourth-order valence-electron chi connectivity index (χ4n) is 3.39. The number of hydrogen-bond donors (Lipinski definition) is 1. The topological polar surface area (TPSA) is 32.5 Å². The summed E-state index contributed by atoms with van der Waals surface area (Å²) in [5.74, 6) is 0. The molecule has 0 radical (unpaired) electrons. The molecule has 3 rings (SSSR count). The van der Waals surface area contributed by atoms with Gasteiger partial charge >= 0.3 is 0 Å². The van der Waals surface area contributed by atoms with E-state index in [-0.39, 0.29) is 24.8 Å². The minimum atomic E-state index is 0. The van der Waals surface area contributed by atoms with E-state index in [9.17, 15) is 0 Å². The molecule has 2 aliphatic rings. The number of nitrogen functional groups attached to an aromatic ring is 1. The molecule has 2 heterocycles. The molecule has 0 amide bonds. The summed E-state index contributed by atoms with van der Waals surface area (Å²) in [5, 5.41) is 0. The molecule has 0 spiro atoms. The van der Waals surface area contributed by atoms with Gasteiger partial charge in [0.25, 0.3) is 0 Å². The molecular formula is C15H25Cl2N3. The van der Waals surface area contributed by atoms with Crippen molar-refractivity contribution in [3.63, 3.8) is 0 Å². The van der Waals surface area contributed by atoms with Crippen LogP contribution in [0.1, 0.15) is 25.3 Å². The quantitative estimate of drug-likeness (QED) is 0.851. The maximum atomic E-state index is 5.86. The highest BCUT2D eigenvalue weighted by molar-refractivity contribution is 5.85. The van der Waals surface area contributed by atoms with Crippen LogP contribution in [0.3, 0.4) is 0 Å². The Morgan fingerprint density at radius 3 is 2.80 bits per heavy atom. The molecule has 5 heteroatoms. The van der Waals surface area contributed by atoms with E-state index in [2.05, 4.69) is 34.9 Å². The predicted octanol–water partition coefficient (Wildman–Crippen LogP) is 2.78. The van der Waals surface area contributed by atoms with Crippen molar-refractivity contribution in [3.8, 4) is 0 Å². The summed E-state index contributed by atoms with van der Waals surface area (Å²) in [7, 11) is 0. The molecule has 3 nitrogen and oxygen atoms in total. The molecule has 0 aromatic heterocycles. The number of rotatable bonds is 2. The lowest BCUT2D eigenvalue weighted by Gasteiger charge is -2.42. The summed E-state index contributed by atoms with van der Waals surface area (Å²) in [4.78, 5) is 5.28. The first-order valence-electron chi connectivity index (χ1n) is 7.05. The van der Waals surface area contributed by atoms with E-state index in [1.807, 2.05) is 6.07 Å². The zero-order valence-corrected chi connectivity index (χ0v) is 13.6. The lowest BCUT2D eigenvalue weighted by atomic mass is 10.1. The average molecular weight is 318 g/mol. The minimum absolute atomic E-state index is 0. The van der Waals surface area contributed by atoms with Crippen molar-refractivity contribution in [2.24, 2.45) is 0 Å². The van der Waals surface area contributed by atoms with Gasteiger partial charge < -0.3 is 5.73 Å². The van der Waals surface area contributed by atoms with Crippen LogP contribution in [-0.4, -0.2) is 41.5 Å². The lowest BCUT2D eigenvalue weighted by molar-refractivity contribution is 0.0540. The molecule has 2 atom stereocenters. The maximum Gasteiger partial charge on any atom is 0.0317 e. The van der Waals surface area contributed by atoms with Gasteiger partial charge in [-0.1, -0.05) is 12.1 Å². The van der Waals surface area contributed by atoms with Crippen LogP contribution in [0, 0.1) is 0 Å². The third-order valence-corrected chi connectivity index (χ3v) is 4.40. The summed E-state index contributed by atoms with van der Waals surface area (Å²) in [5.41, 5.74) is 8.07. The van der Waals surface area contributed by atoms with E-state index in [1.54, 1.807) is 0 Å². The van der Waals surface area contributed by atoms with E-state index in [1.165, 1.54) is 38.0 Å². The SMILES string of the molecule is CC1CN2CCCC2CN1Cc1cccc(N)c1.Cl.Cl. The molecule has 2 N–H and O–H groups in total. The first-order chi connectivity index (χ1) is 8.72. The van der Waals surface area contributed by atoms with Gasteiger partial charge in [0.2, 0.25) is 0 Å². The fourth-order valence-corrected chi connectivity index (χ4v) is 3.39. The highest BCUT2D eigenvalue weighted by Gasteiger charge is 2.34. The molecule has 0 aliphatic carbocycles. The first kappa shape index (κ1) is 17.6. The Balaban J connectivity index is 0.000001000. The van der Waals surface area contributed by atoms with Gasteiger partial charge in [0, 0.05) is 37.4 Å². The van der Waals surface area contributed by atoms with Crippen molar-refractivity contribution in [2.75, 3.05) is 25.4 Å². The normalized spacial score (nSPS) is 26.4. The summed E-state index contributed by atoms with van der Waals surface area (Å²) in [6, 6.07) is 9.75. The van der Waals surface area contributed by atoms with E-state index in [4.69, 9.17) is 5.73 Å². The van der Waals surface area contributed by atoms with Crippen LogP contribution in [0.15, 0.2) is 24.3 Å². The average Bonchev–Trinajstić information content (AvgIpc) is 2.76. The molecule has 2 unspecified atom stereocenters. The van der Waals surface area contributed by atoms with Crippen molar-refractivity contribution in [1.29, 1.82) is 0 Å². The van der Waals surface area contributed by atoms with Crippen molar-refractivity contribution in [2.45, 2.75) is 38.4 Å². The van der Waals surface area contributed by atoms with Gasteiger partial charge in [-0.05, 0) is 44.0 Å². The van der Waals surface area contributed by atoms with Crippen molar-refractivity contribution in [1.82, 2.24) is 9.80 Å². The molecule has 0 saturated carbocycles. The number of anilines is 1. The second-order valence-corrected chi connectivity index (χ2v) is 5.81. The molecule has 0 bridgehead atoms. The van der Waals surface area contributed by atoms with Crippen molar-refractivity contribution >= 4 is 30.5 Å². The molecule has 2 saturated heterocycles. The van der Waals surface area contributed by atoms with Gasteiger partial charge in [0.1, 0.15) is 0 Å². The van der Waals surface area contributed by atoms with Gasteiger partial charge in [-0.2, -0.15) is 0 Å². The summed E-state index contributed by atoms with van der Waals surface area (Å²) in [6.07, 6.45) is 2.75. The Bertz CT molecular complexity index is 427. The van der Waals surface area contributed by atoms with Gasteiger partial charge in [-0.3, -0.25) is 9.80 Å². The first-order valence-corrected chi connectivity index (χ1v) is 7.05. The summed E-state index contributed by atoms with van der Waals surface area (Å²) < 4.78 is 0. The van der Waals surface area contributed by atoms with Crippen LogP contribution >= 0.6 is 24.8 Å². The zero-order valence-electron chi connectivity index (χ0n) is 12.0. The molecule has 1 aromatic rings. The highest BCUT2D eigenvalue weighted by Crippen LogP contribution is 2.25. The van der Waals surface area contributed by atoms with Crippen molar-refractivity contribution in [3.05, 3.63) is 29.8 Å². The third kappa shape index (κ3) is 3.79. The summed E-state index contributed by atoms with van der Waals surface area (Å²) >= 11 is 0. The van der Waals surface area contributed by atoms with Crippen LogP contribution in [0.25, 0.3) is 0 Å². The fraction of sp³-hybridized carbons (Fsp3) is 0.600. The smallest absolute Gasteiger partial charge is 0.0317 e. The predicted molar refractivity (Wildman–Crippen MR) is 89.8 cm³/mol. The molecular weight excluding hydrogens is 293 g/mol. The molecule has 1 aromatic carbocycles. The van der Waals surface area contributed by atoms with Gasteiger partial charge in [-0.15, -0.1) is 24.8 Å². The van der Waals surface area contributed by atoms with Crippen molar-refractivity contribution < 1.29 is 0 Å². The van der Waals surface area contributed by atoms with Gasteiger partial charge in [-0.25, -0.2) is 0 Å². The van der Waals surface area contributed by atoms with Crippen LogP contribution in [0.2, 0.25) is 0 Å². The second-order valence-electron chi connectivity index (χ2n) is 5.81. The Hall–Kier alpha value is -0.480. The third-order valence-electron chi connectivity index (χ3n) is 4.40. The second kappa shape index (κ2) is 7.51. The Morgan fingerprint density at radius 1 is 1.25 bits per heavy atom. The number of piperazine rings is 1. The lowest BCUT2D eigenvalue weighted by Crippen LogP contribution is -2.54. The number of nitrogens with two attached hydrogens (primary N) is 1. The van der Waals surface area contributed by atoms with Crippen LogP contribution in [0.5, 0.6) is 0 Å². The molecule has 20 heavy (non-hydrogen) atoms. The minimum Gasteiger partial charge on any atom is -0.399 e. The van der Waals surface area contributed by atoms with E-state index in [0.717, 1.165) is 18.3 Å². The van der Waals surface area contributed by atoms with Gasteiger partial charge in [0.05, 0.1) is 0 Å². The van der Waals surface area contributed by atoms with Crippen LogP contribution in [-0.2, 0) is 6.54 Å². The monoisotopic (exact) mass is 317 g/mol. The van der Waals surface area contributed by atoms with Crippen LogP contribution in [0.4, 0.5) is 5.69 Å². The largest absolute Gasteiger partial charge is 0.399 e. The Kier molecular flexibility index (Phi) is 6.59. The molecule has 2 fully saturated rings. The number of hydrogen-bond acceptors (Lipinski definition) is 3. The standard InChI is InChI=1S/C15H23N3.2ClH/c1-12-9-17-7-3-6-15(17)11-18(12)10-13-4-2-5-14(16)8-13;;/h2,4-5,8,12,15H,3,6-7,9-11,16H2,1H3;2*1H. The maximum absolute atomic E-state index is 5.86. The van der Waals surface area contributed by atoms with Gasteiger partial charge in [0.15, 0.2) is 0 Å². The number of fused-ring (bicyclic) bond motifs is 1. The molecule has 2 aliphatic heterocycles. The highest BCUT2D eigenvalue weighted by atomic mass is 35.5. The van der Waals surface area contributed by atoms with E-state index < -0.39 is 0 Å². The Morgan fingerprint density at radius 2 is 2.05 bits per heavy atom. The van der Waals surface area contributed by atoms with E-state index in [0.29, 0.717) is 6.04 Å². The number of halogens is 2. The van der Waals surface area contributed by atoms with E-state index >= 15 is 0 Å². The van der Waals surface area contributed by atoms with Crippen LogP contribution < -0.4 is 5.73 Å².